The van der Waals surface area contributed by atoms with Gasteiger partial charge in [-0.25, -0.2) is 4.39 Å². The molecule has 11 heteroatoms. The fourth-order valence-corrected chi connectivity index (χ4v) is 3.61. The van der Waals surface area contributed by atoms with Gasteiger partial charge in [0.2, 0.25) is 0 Å². The van der Waals surface area contributed by atoms with Crippen LogP contribution in [0.4, 0.5) is 10.2 Å². The van der Waals surface area contributed by atoms with Gasteiger partial charge in [0.05, 0.1) is 12.1 Å². The molecule has 0 aliphatic heterocycles. The lowest BCUT2D eigenvalue weighted by molar-refractivity contribution is 0.101. The van der Waals surface area contributed by atoms with E-state index in [4.69, 9.17) is 44.1 Å². The van der Waals surface area contributed by atoms with Crippen LogP contribution in [0.15, 0.2) is 53.2 Å². The summed E-state index contributed by atoms with van der Waals surface area (Å²) in [6, 6.07) is 10.9. The van der Waals surface area contributed by atoms with Crippen LogP contribution >= 0.6 is 34.8 Å². The van der Waals surface area contributed by atoms with E-state index in [1.54, 1.807) is 37.3 Å². The van der Waals surface area contributed by atoms with Crippen molar-refractivity contribution < 1.29 is 18.4 Å². The highest BCUT2D eigenvalue weighted by molar-refractivity contribution is 6.33. The first kappa shape index (κ1) is 23.1. The molecule has 1 amide bonds. The second kappa shape index (κ2) is 9.82. The third-order valence-electron chi connectivity index (χ3n) is 4.68. The highest BCUT2D eigenvalue weighted by Gasteiger charge is 2.22. The molecule has 7 nitrogen and oxygen atoms in total. The van der Waals surface area contributed by atoms with Crippen molar-refractivity contribution in [2.24, 2.45) is 0 Å². The molecular weight excluding hydrogens is 494 g/mol. The second-order valence-corrected chi connectivity index (χ2v) is 8.28. The quantitative estimate of drug-likeness (QED) is 0.323. The number of ether oxygens (including phenoxy) is 1. The van der Waals surface area contributed by atoms with E-state index >= 15 is 0 Å². The van der Waals surface area contributed by atoms with Gasteiger partial charge in [0.25, 0.3) is 5.91 Å². The summed E-state index contributed by atoms with van der Waals surface area (Å²) in [7, 11) is 0. The number of rotatable bonds is 7. The van der Waals surface area contributed by atoms with Crippen molar-refractivity contribution in [1.29, 1.82) is 0 Å². The SMILES string of the molecule is Cc1onc(C(=O)Nc2nn(Cc3ccc(F)cc3Cl)cc2Cl)c1COc1cccc(Cl)c1. The molecule has 0 unspecified atom stereocenters. The molecule has 170 valence electrons. The summed E-state index contributed by atoms with van der Waals surface area (Å²) in [6.45, 7) is 1.95. The highest BCUT2D eigenvalue weighted by Crippen LogP contribution is 2.25. The molecule has 0 saturated carbocycles. The standard InChI is InChI=1S/C22H16Cl3FN4O3/c1-12-17(11-32-16-4-2-3-14(23)7-16)20(29-33-12)22(31)27-21-19(25)10-30(28-21)9-13-5-6-15(26)8-18(13)24/h2-8,10H,9,11H2,1H3,(H,27,28,31). The molecule has 2 aromatic carbocycles. The maximum Gasteiger partial charge on any atom is 0.279 e. The summed E-state index contributed by atoms with van der Waals surface area (Å²) in [4.78, 5) is 12.8. The minimum absolute atomic E-state index is 0.0433. The van der Waals surface area contributed by atoms with Crippen molar-refractivity contribution in [3.63, 3.8) is 0 Å². The first-order chi connectivity index (χ1) is 15.8. The Hall–Kier alpha value is -3.07. The van der Waals surface area contributed by atoms with E-state index in [-0.39, 0.29) is 34.7 Å². The number of hydrogen-bond acceptors (Lipinski definition) is 5. The Morgan fingerprint density at radius 1 is 1.18 bits per heavy atom. The average molecular weight is 510 g/mol. The third kappa shape index (κ3) is 5.47. The summed E-state index contributed by atoms with van der Waals surface area (Å²) in [5.74, 6) is 0.0967. The van der Waals surface area contributed by atoms with Crippen molar-refractivity contribution >= 4 is 46.5 Å². The van der Waals surface area contributed by atoms with Crippen LogP contribution in [-0.2, 0) is 13.2 Å². The second-order valence-electron chi connectivity index (χ2n) is 7.03. The molecular formula is C22H16Cl3FN4O3. The number of halogens is 4. The van der Waals surface area contributed by atoms with E-state index in [1.807, 2.05) is 0 Å². The number of aromatic nitrogens is 3. The maximum atomic E-state index is 13.3. The number of carbonyl (C=O) groups excluding carboxylic acids is 1. The molecule has 1 N–H and O–H groups in total. The van der Waals surface area contributed by atoms with Gasteiger partial charge in [0.1, 0.15) is 29.0 Å². The molecule has 2 heterocycles. The summed E-state index contributed by atoms with van der Waals surface area (Å²) >= 11 is 18.3. The van der Waals surface area contributed by atoms with Gasteiger partial charge in [0, 0.05) is 16.2 Å². The Morgan fingerprint density at radius 2 is 2.00 bits per heavy atom. The molecule has 4 aromatic rings. The molecule has 0 fully saturated rings. The van der Waals surface area contributed by atoms with E-state index in [0.717, 1.165) is 0 Å². The van der Waals surface area contributed by atoms with Gasteiger partial charge in [-0.2, -0.15) is 5.10 Å². The molecule has 33 heavy (non-hydrogen) atoms. The molecule has 0 aliphatic carbocycles. The number of nitrogens with zero attached hydrogens (tertiary/aromatic N) is 3. The fourth-order valence-electron chi connectivity index (χ4n) is 3.01. The summed E-state index contributed by atoms with van der Waals surface area (Å²) < 4.78 is 25.6. The van der Waals surface area contributed by atoms with Crippen LogP contribution < -0.4 is 10.1 Å². The Labute approximate surface area is 203 Å². The van der Waals surface area contributed by atoms with E-state index in [0.29, 0.717) is 27.7 Å². The van der Waals surface area contributed by atoms with Crippen molar-refractivity contribution in [3.8, 4) is 5.75 Å². The van der Waals surface area contributed by atoms with Crippen molar-refractivity contribution in [3.05, 3.63) is 92.1 Å². The van der Waals surface area contributed by atoms with Gasteiger partial charge >= 0.3 is 0 Å². The third-order valence-corrected chi connectivity index (χ3v) is 5.54. The van der Waals surface area contributed by atoms with Gasteiger partial charge in [0.15, 0.2) is 11.5 Å². The van der Waals surface area contributed by atoms with E-state index in [9.17, 15) is 9.18 Å². The predicted octanol–water partition coefficient (Wildman–Crippen LogP) is 6.16. The molecule has 4 rings (SSSR count). The fraction of sp³-hybridized carbons (Fsp3) is 0.136. The number of anilines is 1. The lowest BCUT2D eigenvalue weighted by Gasteiger charge is -2.07. The Morgan fingerprint density at radius 3 is 2.76 bits per heavy atom. The smallest absolute Gasteiger partial charge is 0.279 e. The van der Waals surface area contributed by atoms with Gasteiger partial charge in [-0.1, -0.05) is 52.1 Å². The summed E-state index contributed by atoms with van der Waals surface area (Å²) in [5, 5.41) is 11.7. The van der Waals surface area contributed by atoms with Gasteiger partial charge in [-0.3, -0.25) is 9.48 Å². The van der Waals surface area contributed by atoms with Crippen molar-refractivity contribution in [2.45, 2.75) is 20.1 Å². The van der Waals surface area contributed by atoms with E-state index < -0.39 is 11.7 Å². The van der Waals surface area contributed by atoms with Crippen LogP contribution in [0.25, 0.3) is 0 Å². The number of carbonyl (C=O) groups is 1. The first-order valence-electron chi connectivity index (χ1n) is 9.62. The van der Waals surface area contributed by atoms with Gasteiger partial charge in [-0.05, 0) is 42.8 Å². The van der Waals surface area contributed by atoms with Crippen molar-refractivity contribution in [1.82, 2.24) is 14.9 Å². The molecule has 0 bridgehead atoms. The number of hydrogen-bond donors (Lipinski definition) is 1. The Kier molecular flexibility index (Phi) is 6.88. The number of benzene rings is 2. The highest BCUT2D eigenvalue weighted by atomic mass is 35.5. The zero-order chi connectivity index (χ0) is 23.5. The average Bonchev–Trinajstić information content (AvgIpc) is 3.30. The lowest BCUT2D eigenvalue weighted by Crippen LogP contribution is -2.16. The normalized spacial score (nSPS) is 10.9. The zero-order valence-corrected chi connectivity index (χ0v) is 19.4. The summed E-state index contributed by atoms with van der Waals surface area (Å²) in [6.07, 6.45) is 1.52. The van der Waals surface area contributed by atoms with Gasteiger partial charge in [-0.15, -0.1) is 0 Å². The van der Waals surface area contributed by atoms with Crippen LogP contribution in [0.3, 0.4) is 0 Å². The zero-order valence-electron chi connectivity index (χ0n) is 17.1. The molecule has 0 atom stereocenters. The molecule has 0 aliphatic rings. The van der Waals surface area contributed by atoms with Crippen LogP contribution in [0.2, 0.25) is 15.1 Å². The minimum atomic E-state index is -0.566. The molecule has 0 spiro atoms. The molecule has 0 radical (unpaired) electrons. The topological polar surface area (TPSA) is 82.2 Å². The van der Waals surface area contributed by atoms with Crippen LogP contribution in [0.5, 0.6) is 5.75 Å². The van der Waals surface area contributed by atoms with E-state index in [2.05, 4.69) is 15.6 Å². The van der Waals surface area contributed by atoms with Crippen LogP contribution in [-0.4, -0.2) is 20.8 Å². The maximum absolute atomic E-state index is 13.3. The minimum Gasteiger partial charge on any atom is -0.489 e. The monoisotopic (exact) mass is 508 g/mol. The van der Waals surface area contributed by atoms with Crippen LogP contribution in [0.1, 0.15) is 27.4 Å². The largest absolute Gasteiger partial charge is 0.489 e. The van der Waals surface area contributed by atoms with E-state index in [1.165, 1.54) is 23.0 Å². The lowest BCUT2D eigenvalue weighted by atomic mass is 10.2. The predicted molar refractivity (Wildman–Crippen MR) is 123 cm³/mol. The van der Waals surface area contributed by atoms with Crippen LogP contribution in [0, 0.1) is 12.7 Å². The Balaban J connectivity index is 1.47. The number of aryl methyl sites for hydroxylation is 1. The summed E-state index contributed by atoms with van der Waals surface area (Å²) in [5.41, 5.74) is 1.16. The first-order valence-corrected chi connectivity index (χ1v) is 10.8. The molecule has 2 aromatic heterocycles. The number of nitrogens with one attached hydrogen (secondary N) is 1. The Bertz CT molecular complexity index is 1320. The molecule has 0 saturated heterocycles. The number of amides is 1. The van der Waals surface area contributed by atoms with Gasteiger partial charge < -0.3 is 14.6 Å². The van der Waals surface area contributed by atoms with Crippen molar-refractivity contribution in [2.75, 3.05) is 5.32 Å².